The molecule has 0 fully saturated rings. The van der Waals surface area contributed by atoms with E-state index >= 15 is 0 Å². The quantitative estimate of drug-likeness (QED) is 0.687. The molecule has 0 N–H and O–H groups in total. The fourth-order valence-electron chi connectivity index (χ4n) is 2.10. The third-order valence-corrected chi connectivity index (χ3v) is 3.13. The van der Waals surface area contributed by atoms with Gasteiger partial charge in [-0.3, -0.25) is 9.97 Å². The second kappa shape index (κ2) is 7.59. The Morgan fingerprint density at radius 2 is 1.17 bits per heavy atom. The van der Waals surface area contributed by atoms with Gasteiger partial charge in [0.05, 0.1) is 0 Å². The van der Waals surface area contributed by atoms with Gasteiger partial charge in [0, 0.05) is 24.8 Å². The van der Waals surface area contributed by atoms with Crippen molar-refractivity contribution in [1.82, 2.24) is 9.97 Å². The van der Waals surface area contributed by atoms with Crippen molar-refractivity contribution in [3.05, 3.63) is 60.2 Å². The van der Waals surface area contributed by atoms with Crippen LogP contribution < -0.4 is 0 Å². The van der Waals surface area contributed by atoms with Crippen LogP contribution in [0.3, 0.4) is 0 Å². The number of pyridine rings is 2. The normalized spacial score (nSPS) is 10.4. The van der Waals surface area contributed by atoms with Crippen LogP contribution in [0.15, 0.2) is 49.1 Å². The molecular formula is C16H20N2. The Kier molecular flexibility index (Phi) is 5.38. The van der Waals surface area contributed by atoms with Crippen molar-refractivity contribution in [2.75, 3.05) is 0 Å². The predicted molar refractivity (Wildman–Crippen MR) is 74.4 cm³/mol. The fourth-order valence-corrected chi connectivity index (χ4v) is 2.10. The molecule has 2 nitrogen and oxygen atoms in total. The molecule has 0 saturated heterocycles. The van der Waals surface area contributed by atoms with Gasteiger partial charge in [-0.25, -0.2) is 0 Å². The lowest BCUT2D eigenvalue weighted by molar-refractivity contribution is 0.639. The molecule has 0 aliphatic carbocycles. The monoisotopic (exact) mass is 240 g/mol. The zero-order chi connectivity index (χ0) is 12.5. The van der Waals surface area contributed by atoms with Crippen LogP contribution in [0.4, 0.5) is 0 Å². The Bertz CT molecular complexity index is 382. The van der Waals surface area contributed by atoms with E-state index in [0.29, 0.717) is 0 Å². The highest BCUT2D eigenvalue weighted by molar-refractivity contribution is 5.09. The molecule has 0 atom stereocenters. The van der Waals surface area contributed by atoms with Gasteiger partial charge in [-0.2, -0.15) is 0 Å². The van der Waals surface area contributed by atoms with E-state index in [4.69, 9.17) is 0 Å². The standard InChI is InChI=1S/C16H20N2/c1(3-7-15-9-5-11-17-13-15)2-4-8-16-10-6-12-18-14-16/h5-6,9-14H,1-4,7-8H2. The molecule has 0 spiro atoms. The molecule has 0 bridgehead atoms. The molecule has 2 rings (SSSR count). The van der Waals surface area contributed by atoms with Gasteiger partial charge >= 0.3 is 0 Å². The fraction of sp³-hybridized carbons (Fsp3) is 0.375. The first-order valence-corrected chi connectivity index (χ1v) is 6.73. The summed E-state index contributed by atoms with van der Waals surface area (Å²) in [5.74, 6) is 0. The summed E-state index contributed by atoms with van der Waals surface area (Å²) in [6.45, 7) is 0. The lowest BCUT2D eigenvalue weighted by Gasteiger charge is -2.02. The molecule has 0 aliphatic heterocycles. The molecule has 0 amide bonds. The molecule has 0 unspecified atom stereocenters. The summed E-state index contributed by atoms with van der Waals surface area (Å²) in [7, 11) is 0. The lowest BCUT2D eigenvalue weighted by atomic mass is 10.0. The van der Waals surface area contributed by atoms with Gasteiger partial charge in [0.25, 0.3) is 0 Å². The number of aryl methyl sites for hydroxylation is 2. The third-order valence-electron chi connectivity index (χ3n) is 3.13. The van der Waals surface area contributed by atoms with Crippen LogP contribution in [0.25, 0.3) is 0 Å². The molecule has 2 heteroatoms. The number of aromatic nitrogens is 2. The molecule has 0 radical (unpaired) electrons. The first-order valence-electron chi connectivity index (χ1n) is 6.73. The van der Waals surface area contributed by atoms with Crippen molar-refractivity contribution in [2.45, 2.75) is 38.5 Å². The van der Waals surface area contributed by atoms with Crippen molar-refractivity contribution in [1.29, 1.82) is 0 Å². The molecule has 94 valence electrons. The van der Waals surface area contributed by atoms with E-state index in [1.54, 1.807) is 0 Å². The Morgan fingerprint density at radius 3 is 1.56 bits per heavy atom. The molecule has 0 aliphatic rings. The summed E-state index contributed by atoms with van der Waals surface area (Å²) in [5, 5.41) is 0. The van der Waals surface area contributed by atoms with Crippen LogP contribution in [0.2, 0.25) is 0 Å². The maximum atomic E-state index is 4.13. The van der Waals surface area contributed by atoms with Crippen molar-refractivity contribution in [3.63, 3.8) is 0 Å². The average Bonchev–Trinajstić information content (AvgIpc) is 2.45. The Morgan fingerprint density at radius 1 is 0.667 bits per heavy atom. The third kappa shape index (κ3) is 4.66. The van der Waals surface area contributed by atoms with Crippen LogP contribution in [0, 0.1) is 0 Å². The lowest BCUT2D eigenvalue weighted by Crippen LogP contribution is -1.89. The Hall–Kier alpha value is -1.70. The first-order chi connectivity index (χ1) is 8.95. The zero-order valence-corrected chi connectivity index (χ0v) is 10.8. The topological polar surface area (TPSA) is 25.8 Å². The summed E-state index contributed by atoms with van der Waals surface area (Å²) in [6.07, 6.45) is 15.0. The van der Waals surface area contributed by atoms with Crippen molar-refractivity contribution >= 4 is 0 Å². The minimum atomic E-state index is 1.15. The molecule has 2 aromatic heterocycles. The highest BCUT2D eigenvalue weighted by atomic mass is 14.6. The number of nitrogens with zero attached hydrogens (tertiary/aromatic N) is 2. The summed E-state index contributed by atoms with van der Waals surface area (Å²) < 4.78 is 0. The molecular weight excluding hydrogens is 220 g/mol. The van der Waals surface area contributed by atoms with E-state index in [1.807, 2.05) is 36.9 Å². The second-order valence-corrected chi connectivity index (χ2v) is 4.64. The minimum Gasteiger partial charge on any atom is -0.264 e. The van der Waals surface area contributed by atoms with E-state index < -0.39 is 0 Å². The molecule has 2 heterocycles. The molecule has 0 saturated carbocycles. The zero-order valence-electron chi connectivity index (χ0n) is 10.8. The van der Waals surface area contributed by atoms with Crippen molar-refractivity contribution in [3.8, 4) is 0 Å². The Balaban J connectivity index is 1.54. The predicted octanol–water partition coefficient (Wildman–Crippen LogP) is 3.82. The van der Waals surface area contributed by atoms with Gasteiger partial charge < -0.3 is 0 Å². The van der Waals surface area contributed by atoms with Crippen molar-refractivity contribution in [2.24, 2.45) is 0 Å². The summed E-state index contributed by atoms with van der Waals surface area (Å²) in [4.78, 5) is 8.26. The van der Waals surface area contributed by atoms with Gasteiger partial charge in [0.1, 0.15) is 0 Å². The van der Waals surface area contributed by atoms with Crippen molar-refractivity contribution < 1.29 is 0 Å². The van der Waals surface area contributed by atoms with E-state index in [2.05, 4.69) is 22.1 Å². The van der Waals surface area contributed by atoms with Gasteiger partial charge in [-0.15, -0.1) is 0 Å². The highest BCUT2D eigenvalue weighted by Gasteiger charge is 1.95. The van der Waals surface area contributed by atoms with Gasteiger partial charge in [0.2, 0.25) is 0 Å². The maximum absolute atomic E-state index is 4.13. The minimum absolute atomic E-state index is 1.15. The molecule has 0 aromatic carbocycles. The summed E-state index contributed by atoms with van der Waals surface area (Å²) in [6, 6.07) is 8.33. The summed E-state index contributed by atoms with van der Waals surface area (Å²) in [5.41, 5.74) is 2.70. The number of unbranched alkanes of at least 4 members (excludes halogenated alkanes) is 3. The van der Waals surface area contributed by atoms with Gasteiger partial charge in [0.15, 0.2) is 0 Å². The van der Waals surface area contributed by atoms with Crippen LogP contribution >= 0.6 is 0 Å². The highest BCUT2D eigenvalue weighted by Crippen LogP contribution is 2.09. The van der Waals surface area contributed by atoms with Gasteiger partial charge in [-0.1, -0.05) is 25.0 Å². The largest absolute Gasteiger partial charge is 0.264 e. The van der Waals surface area contributed by atoms with Crippen LogP contribution in [-0.4, -0.2) is 9.97 Å². The van der Waals surface area contributed by atoms with Crippen LogP contribution in [0.1, 0.15) is 36.8 Å². The SMILES string of the molecule is c1cncc(CCCCCCc2cccnc2)c1. The van der Waals surface area contributed by atoms with Crippen LogP contribution in [-0.2, 0) is 12.8 Å². The maximum Gasteiger partial charge on any atom is 0.0299 e. The van der Waals surface area contributed by atoms with E-state index in [-0.39, 0.29) is 0 Å². The smallest absolute Gasteiger partial charge is 0.0299 e. The van der Waals surface area contributed by atoms with Crippen LogP contribution in [0.5, 0.6) is 0 Å². The molecule has 2 aromatic rings. The molecule has 18 heavy (non-hydrogen) atoms. The number of hydrogen-bond acceptors (Lipinski definition) is 2. The average molecular weight is 240 g/mol. The first kappa shape index (κ1) is 12.7. The van der Waals surface area contributed by atoms with E-state index in [1.165, 1.54) is 36.8 Å². The summed E-state index contributed by atoms with van der Waals surface area (Å²) >= 11 is 0. The van der Waals surface area contributed by atoms with Gasteiger partial charge in [-0.05, 0) is 48.9 Å². The Labute approximate surface area is 109 Å². The van der Waals surface area contributed by atoms with E-state index in [9.17, 15) is 0 Å². The second-order valence-electron chi connectivity index (χ2n) is 4.64. The number of rotatable bonds is 7. The van der Waals surface area contributed by atoms with E-state index in [0.717, 1.165) is 12.8 Å². The number of hydrogen-bond donors (Lipinski definition) is 0.